The first kappa shape index (κ1) is 31.9. The van der Waals surface area contributed by atoms with Gasteiger partial charge in [-0.2, -0.15) is 0 Å². The molecule has 0 amide bonds. The summed E-state index contributed by atoms with van der Waals surface area (Å²) in [4.78, 5) is 24.7. The Morgan fingerprint density at radius 1 is 1.05 bits per heavy atom. The van der Waals surface area contributed by atoms with Gasteiger partial charge in [-0.3, -0.25) is 4.79 Å². The topological polar surface area (TPSA) is 107 Å². The van der Waals surface area contributed by atoms with E-state index in [1.165, 1.54) is 6.92 Å². The number of aliphatic hydroxyl groups is 2. The minimum Gasteiger partial charge on any atom is -0.545 e. The molecule has 2 N–H and O–H groups in total. The summed E-state index contributed by atoms with van der Waals surface area (Å²) in [7, 11) is 0. The smallest absolute Gasteiger partial charge is 0.545 e. The van der Waals surface area contributed by atoms with E-state index in [1.807, 2.05) is 19.9 Å². The number of fused-ring (bicyclic) bond motifs is 5. The Labute approximate surface area is 251 Å². The quantitative estimate of drug-likeness (QED) is 0.237. The van der Waals surface area contributed by atoms with Crippen molar-refractivity contribution >= 4 is 11.9 Å². The van der Waals surface area contributed by atoms with E-state index in [0.29, 0.717) is 37.2 Å². The zero-order chi connectivity index (χ0) is 27.5. The number of carbonyl (C=O) groups is 2. The number of aliphatic carboxylic acids is 1. The summed E-state index contributed by atoms with van der Waals surface area (Å²) in [6, 6.07) is 0. The van der Waals surface area contributed by atoms with E-state index < -0.39 is 24.1 Å². The summed E-state index contributed by atoms with van der Waals surface area (Å²) in [6.07, 6.45) is 5.92. The number of ether oxygens (including phenoxy) is 1. The number of carbonyl (C=O) groups excluding carboxylic acids is 2. The van der Waals surface area contributed by atoms with Crippen LogP contribution in [0.5, 0.6) is 0 Å². The number of esters is 1. The molecule has 0 radical (unpaired) electrons. The van der Waals surface area contributed by atoms with Crippen LogP contribution < -0.4 is 34.7 Å². The molecule has 0 aromatic carbocycles. The van der Waals surface area contributed by atoms with Gasteiger partial charge in [0.2, 0.25) is 0 Å². The standard InChI is InChI=1S/C31H48O6.Na/c1-17(2)9-8-10-20(28(35)36)26-22-15-24(34)27-29(5)13-12-23(33)18(3)21(29)11-14-30(27,6)31(22,7)16-25(26)37-19(4)32;/h9,18,21-25,27,33-34H,8,10-16H2,1-7H3,(H,35,36);/q;+1/p-1/t18-,21?,22-,23+,24+,25-,27-,29-,30-,31-;/m0./s1. The van der Waals surface area contributed by atoms with Gasteiger partial charge < -0.3 is 24.9 Å². The second-order valence-corrected chi connectivity index (χ2v) is 13.6. The minimum absolute atomic E-state index is 0. The van der Waals surface area contributed by atoms with Gasteiger partial charge in [-0.15, -0.1) is 0 Å². The third-order valence-corrected chi connectivity index (χ3v) is 11.6. The maximum Gasteiger partial charge on any atom is 1.00 e. The molecule has 7 heteroatoms. The van der Waals surface area contributed by atoms with E-state index in [9.17, 15) is 24.9 Å². The molecule has 4 aliphatic rings. The average Bonchev–Trinajstić information content (AvgIpc) is 3.05. The Hall–Kier alpha value is -0.660. The van der Waals surface area contributed by atoms with Crippen LogP contribution in [0.1, 0.15) is 99.8 Å². The number of carboxylic acids is 1. The summed E-state index contributed by atoms with van der Waals surface area (Å²) in [5, 5.41) is 35.0. The molecule has 0 aromatic rings. The van der Waals surface area contributed by atoms with E-state index >= 15 is 0 Å². The Kier molecular flexibility index (Phi) is 9.49. The van der Waals surface area contributed by atoms with E-state index in [-0.39, 0.29) is 75.2 Å². The van der Waals surface area contributed by atoms with Crippen LogP contribution in [0.3, 0.4) is 0 Å². The van der Waals surface area contributed by atoms with E-state index in [2.05, 4.69) is 27.7 Å². The first-order chi connectivity index (χ1) is 17.2. The molecule has 0 aliphatic heterocycles. The van der Waals surface area contributed by atoms with Crippen LogP contribution >= 0.6 is 0 Å². The molecule has 0 heterocycles. The number of hydrogen-bond donors (Lipinski definition) is 2. The fourth-order valence-corrected chi connectivity index (χ4v) is 9.78. The largest absolute Gasteiger partial charge is 1.00 e. The first-order valence-corrected chi connectivity index (χ1v) is 14.3. The number of aliphatic hydroxyl groups excluding tert-OH is 2. The van der Waals surface area contributed by atoms with Crippen LogP contribution in [0.4, 0.5) is 0 Å². The predicted molar refractivity (Wildman–Crippen MR) is 140 cm³/mol. The van der Waals surface area contributed by atoms with Gasteiger partial charge in [0, 0.05) is 6.92 Å². The molecule has 10 atom stereocenters. The summed E-state index contributed by atoms with van der Waals surface area (Å²) in [5.74, 6) is -1.25. The zero-order valence-corrected chi connectivity index (χ0v) is 26.8. The van der Waals surface area contributed by atoms with Crippen LogP contribution in [-0.4, -0.2) is 40.5 Å². The molecule has 208 valence electrons. The van der Waals surface area contributed by atoms with Gasteiger partial charge in [-0.05, 0) is 116 Å². The van der Waals surface area contributed by atoms with E-state index in [0.717, 1.165) is 31.3 Å². The van der Waals surface area contributed by atoms with Crippen LogP contribution in [0.15, 0.2) is 22.8 Å². The summed E-state index contributed by atoms with van der Waals surface area (Å²) < 4.78 is 5.84. The molecule has 0 spiro atoms. The molecule has 4 aliphatic carbocycles. The molecule has 1 unspecified atom stereocenters. The minimum atomic E-state index is -1.20. The molecule has 0 aromatic heterocycles. The molecule has 4 rings (SSSR count). The zero-order valence-electron chi connectivity index (χ0n) is 24.8. The van der Waals surface area contributed by atoms with Crippen LogP contribution in [0.2, 0.25) is 0 Å². The Bertz CT molecular complexity index is 1000. The maximum atomic E-state index is 12.5. The van der Waals surface area contributed by atoms with Crippen molar-refractivity contribution in [2.75, 3.05) is 0 Å². The third kappa shape index (κ3) is 5.00. The fraction of sp³-hybridized carbons (Fsp3) is 0.806. The first-order valence-electron chi connectivity index (χ1n) is 14.3. The molecule has 4 fully saturated rings. The molecule has 4 saturated carbocycles. The van der Waals surface area contributed by atoms with Crippen molar-refractivity contribution in [1.29, 1.82) is 0 Å². The fourth-order valence-electron chi connectivity index (χ4n) is 9.78. The number of carboxylic acid groups (broad SMARTS) is 1. The van der Waals surface area contributed by atoms with Crippen molar-refractivity contribution in [3.8, 4) is 0 Å². The number of rotatable bonds is 5. The van der Waals surface area contributed by atoms with Gasteiger partial charge in [0.1, 0.15) is 6.10 Å². The van der Waals surface area contributed by atoms with Gasteiger partial charge in [-0.25, -0.2) is 0 Å². The number of hydrogen-bond acceptors (Lipinski definition) is 6. The normalized spacial score (nSPS) is 45.0. The average molecular weight is 539 g/mol. The van der Waals surface area contributed by atoms with Crippen molar-refractivity contribution in [3.05, 3.63) is 22.8 Å². The Morgan fingerprint density at radius 2 is 1.71 bits per heavy atom. The Morgan fingerprint density at radius 3 is 2.29 bits per heavy atom. The van der Waals surface area contributed by atoms with Gasteiger partial charge in [0.05, 0.1) is 18.2 Å². The molecular weight excluding hydrogens is 491 g/mol. The van der Waals surface area contributed by atoms with Crippen LogP contribution in [0, 0.1) is 39.9 Å². The third-order valence-electron chi connectivity index (χ3n) is 11.6. The van der Waals surface area contributed by atoms with Crippen molar-refractivity contribution in [3.63, 3.8) is 0 Å². The van der Waals surface area contributed by atoms with Crippen LogP contribution in [0.25, 0.3) is 0 Å². The van der Waals surface area contributed by atoms with Crippen molar-refractivity contribution in [1.82, 2.24) is 0 Å². The van der Waals surface area contributed by atoms with Crippen molar-refractivity contribution < 1.29 is 59.2 Å². The number of allylic oxidation sites excluding steroid dienone is 2. The molecular formula is C31H47NaO6. The van der Waals surface area contributed by atoms with Gasteiger partial charge in [0.15, 0.2) is 0 Å². The molecule has 38 heavy (non-hydrogen) atoms. The molecule has 0 saturated heterocycles. The second kappa shape index (κ2) is 11.3. The van der Waals surface area contributed by atoms with Crippen molar-refractivity contribution in [2.45, 2.75) is 118 Å². The van der Waals surface area contributed by atoms with Crippen LogP contribution in [-0.2, 0) is 14.3 Å². The predicted octanol–water partition coefficient (Wildman–Crippen LogP) is 1.34. The van der Waals surface area contributed by atoms with Gasteiger partial charge in [0.25, 0.3) is 0 Å². The SMILES string of the molecule is CC(=O)O[C@H]1C[C@@]2(C)[C@@H](C[C@@H](O)[C@H]3[C@@]4(C)CC[C@@H](O)[C@@H](C)C4CC[C@@]32C)C1=C(CCC=C(C)C)C(=O)[O-].[Na+]. The maximum absolute atomic E-state index is 12.5. The second-order valence-electron chi connectivity index (χ2n) is 13.6. The summed E-state index contributed by atoms with van der Waals surface area (Å²) in [5.41, 5.74) is 1.31. The van der Waals surface area contributed by atoms with Gasteiger partial charge in [-0.1, -0.05) is 39.3 Å². The summed E-state index contributed by atoms with van der Waals surface area (Å²) >= 11 is 0. The molecule has 6 nitrogen and oxygen atoms in total. The van der Waals surface area contributed by atoms with Crippen molar-refractivity contribution in [2.24, 2.45) is 39.9 Å². The molecule has 0 bridgehead atoms. The van der Waals surface area contributed by atoms with E-state index in [1.54, 1.807) is 0 Å². The monoisotopic (exact) mass is 538 g/mol. The summed E-state index contributed by atoms with van der Waals surface area (Å²) in [6.45, 7) is 14.4. The Balaban J connectivity index is 0.00000400. The van der Waals surface area contributed by atoms with E-state index in [4.69, 9.17) is 4.74 Å². The van der Waals surface area contributed by atoms with Gasteiger partial charge >= 0.3 is 35.5 Å².